The molecule has 0 spiro atoms. The van der Waals surface area contributed by atoms with Gasteiger partial charge in [-0.05, 0) is 56.4 Å². The van der Waals surface area contributed by atoms with E-state index in [4.69, 9.17) is 4.74 Å². The van der Waals surface area contributed by atoms with Gasteiger partial charge in [0.15, 0.2) is 9.84 Å². The quantitative estimate of drug-likeness (QED) is 0.761. The van der Waals surface area contributed by atoms with Gasteiger partial charge in [0.2, 0.25) is 0 Å². The van der Waals surface area contributed by atoms with E-state index in [9.17, 15) is 13.2 Å². The third-order valence-corrected chi connectivity index (χ3v) is 7.81. The average molecular weight is 447 g/mol. The van der Waals surface area contributed by atoms with Crippen molar-refractivity contribution >= 4 is 21.6 Å². The molecule has 1 unspecified atom stereocenters. The Hall–Kier alpha value is -2.55. The van der Waals surface area contributed by atoms with Crippen LogP contribution in [-0.2, 0) is 22.8 Å². The highest BCUT2D eigenvalue weighted by Crippen LogP contribution is 2.30. The summed E-state index contributed by atoms with van der Waals surface area (Å²) in [5, 5.41) is 7.54. The third-order valence-electron chi connectivity index (χ3n) is 6.06. The fourth-order valence-corrected chi connectivity index (χ4v) is 6.06. The molecule has 0 aliphatic carbocycles. The predicted molar refractivity (Wildman–Crippen MR) is 119 cm³/mol. The predicted octanol–water partition coefficient (Wildman–Crippen LogP) is 3.24. The number of hydrogen-bond acceptors (Lipinski definition) is 5. The normalized spacial score (nSPS) is 19.8. The van der Waals surface area contributed by atoms with Crippen molar-refractivity contribution in [3.8, 4) is 5.75 Å². The summed E-state index contributed by atoms with van der Waals surface area (Å²) in [7, 11) is -3.01. The number of amides is 2. The summed E-state index contributed by atoms with van der Waals surface area (Å²) in [4.78, 5) is 14.8. The molecule has 0 bridgehead atoms. The lowest BCUT2D eigenvalue weighted by Crippen LogP contribution is -2.39. The molecule has 0 saturated carbocycles. The molecule has 2 aliphatic heterocycles. The fourth-order valence-electron chi connectivity index (χ4n) is 4.37. The van der Waals surface area contributed by atoms with E-state index < -0.39 is 9.84 Å². The first-order valence-corrected chi connectivity index (χ1v) is 12.7. The Balaban J connectivity index is 1.45. The van der Waals surface area contributed by atoms with Gasteiger partial charge in [0, 0.05) is 13.1 Å². The van der Waals surface area contributed by atoms with Gasteiger partial charge < -0.3 is 15.0 Å². The second-order valence-corrected chi connectivity index (χ2v) is 10.7. The first-order chi connectivity index (χ1) is 14.8. The first kappa shape index (κ1) is 21.7. The van der Waals surface area contributed by atoms with Crippen LogP contribution in [0, 0.1) is 13.8 Å². The summed E-state index contributed by atoms with van der Waals surface area (Å²) < 4.78 is 31.2. The second-order valence-electron chi connectivity index (χ2n) is 8.43. The molecule has 1 fully saturated rings. The van der Waals surface area contributed by atoms with E-state index in [1.807, 2.05) is 26.0 Å². The maximum Gasteiger partial charge on any atom is 0.322 e. The number of benzene rings is 1. The highest BCUT2D eigenvalue weighted by molar-refractivity contribution is 7.91. The molecular weight excluding hydrogens is 416 g/mol. The summed E-state index contributed by atoms with van der Waals surface area (Å²) in [5.74, 6) is 1.18. The molecule has 9 heteroatoms. The summed E-state index contributed by atoms with van der Waals surface area (Å²) in [5.41, 5.74) is 4.52. The number of nitrogens with zero attached hydrogens (tertiary/aromatic N) is 3. The maximum absolute atomic E-state index is 13.0. The van der Waals surface area contributed by atoms with Gasteiger partial charge in [0.25, 0.3) is 0 Å². The number of carbonyl (C=O) groups is 1. The highest BCUT2D eigenvalue weighted by Gasteiger charge is 2.32. The van der Waals surface area contributed by atoms with Crippen LogP contribution in [0.3, 0.4) is 0 Å². The van der Waals surface area contributed by atoms with Gasteiger partial charge in [-0.15, -0.1) is 0 Å². The minimum Gasteiger partial charge on any atom is -0.494 e. The molecule has 1 saturated heterocycles. The average Bonchev–Trinajstić information content (AvgIpc) is 3.24. The van der Waals surface area contributed by atoms with E-state index in [0.29, 0.717) is 37.5 Å². The molecule has 1 N–H and O–H groups in total. The zero-order valence-electron chi connectivity index (χ0n) is 18.3. The molecule has 1 aromatic carbocycles. The van der Waals surface area contributed by atoms with Crippen molar-refractivity contribution < 1.29 is 17.9 Å². The van der Waals surface area contributed by atoms with Crippen LogP contribution in [0.2, 0.25) is 0 Å². The van der Waals surface area contributed by atoms with E-state index in [-0.39, 0.29) is 23.6 Å². The Morgan fingerprint density at radius 2 is 2.10 bits per heavy atom. The molecule has 3 heterocycles. The molecule has 1 atom stereocenters. The Morgan fingerprint density at radius 1 is 1.29 bits per heavy atom. The van der Waals surface area contributed by atoms with E-state index in [1.165, 1.54) is 5.56 Å². The smallest absolute Gasteiger partial charge is 0.322 e. The molecule has 1 aromatic heterocycles. The van der Waals surface area contributed by atoms with Crippen molar-refractivity contribution in [1.82, 2.24) is 14.7 Å². The van der Waals surface area contributed by atoms with E-state index in [2.05, 4.69) is 23.4 Å². The number of rotatable bonds is 5. The molecule has 2 aromatic rings. The van der Waals surface area contributed by atoms with Crippen LogP contribution in [0.1, 0.15) is 48.3 Å². The lowest BCUT2D eigenvalue weighted by molar-refractivity contribution is 0.206. The summed E-state index contributed by atoms with van der Waals surface area (Å²) in [6.45, 7) is 7.67. The first-order valence-electron chi connectivity index (χ1n) is 10.8. The van der Waals surface area contributed by atoms with Crippen LogP contribution in [0.25, 0.3) is 0 Å². The SMILES string of the molecule is CCCOc1ccc2c(c1)CCN(C(=O)Nc1c(C)nn(C3CCS(=O)(=O)C3)c1C)C2. The third kappa shape index (κ3) is 4.56. The molecular formula is C22H30N4O4S. The zero-order valence-corrected chi connectivity index (χ0v) is 19.2. The van der Waals surface area contributed by atoms with Crippen LogP contribution >= 0.6 is 0 Å². The topological polar surface area (TPSA) is 93.5 Å². The number of carbonyl (C=O) groups excluding carboxylic acids is 1. The van der Waals surface area contributed by atoms with Crippen molar-refractivity contribution in [3.05, 3.63) is 40.7 Å². The lowest BCUT2D eigenvalue weighted by Gasteiger charge is -2.29. The molecule has 0 radical (unpaired) electrons. The van der Waals surface area contributed by atoms with Gasteiger partial charge in [-0.25, -0.2) is 13.2 Å². The Labute approximate surface area is 183 Å². The second kappa shape index (κ2) is 8.53. The molecule has 4 rings (SSSR count). The minimum atomic E-state index is -3.01. The summed E-state index contributed by atoms with van der Waals surface area (Å²) >= 11 is 0. The summed E-state index contributed by atoms with van der Waals surface area (Å²) in [6, 6.07) is 5.74. The Morgan fingerprint density at radius 3 is 2.81 bits per heavy atom. The minimum absolute atomic E-state index is 0.106. The number of aromatic nitrogens is 2. The monoisotopic (exact) mass is 446 g/mol. The maximum atomic E-state index is 13.0. The zero-order chi connectivity index (χ0) is 22.2. The van der Waals surface area contributed by atoms with Crippen molar-refractivity contribution in [2.75, 3.05) is 30.0 Å². The summed E-state index contributed by atoms with van der Waals surface area (Å²) in [6.07, 6.45) is 2.31. The number of anilines is 1. The number of ether oxygens (including phenoxy) is 1. The largest absolute Gasteiger partial charge is 0.494 e. The molecule has 168 valence electrons. The van der Waals surface area contributed by atoms with Crippen molar-refractivity contribution in [1.29, 1.82) is 0 Å². The van der Waals surface area contributed by atoms with Crippen LogP contribution in [0.4, 0.5) is 10.5 Å². The van der Waals surface area contributed by atoms with E-state index in [1.54, 1.807) is 9.58 Å². The van der Waals surface area contributed by atoms with Gasteiger partial charge in [-0.1, -0.05) is 13.0 Å². The molecule has 31 heavy (non-hydrogen) atoms. The number of nitrogens with one attached hydrogen (secondary N) is 1. The fraction of sp³-hybridized carbons (Fsp3) is 0.545. The molecule has 8 nitrogen and oxygen atoms in total. The van der Waals surface area contributed by atoms with Gasteiger partial charge >= 0.3 is 6.03 Å². The van der Waals surface area contributed by atoms with Crippen LogP contribution in [0.15, 0.2) is 18.2 Å². The van der Waals surface area contributed by atoms with Gasteiger partial charge in [-0.2, -0.15) is 5.10 Å². The van der Waals surface area contributed by atoms with Crippen molar-refractivity contribution in [2.24, 2.45) is 0 Å². The van der Waals surface area contributed by atoms with E-state index >= 15 is 0 Å². The molecule has 2 aliphatic rings. The molecule has 2 amide bonds. The van der Waals surface area contributed by atoms with E-state index in [0.717, 1.165) is 29.8 Å². The van der Waals surface area contributed by atoms with Crippen molar-refractivity contribution in [2.45, 2.75) is 52.6 Å². The highest BCUT2D eigenvalue weighted by atomic mass is 32.2. The van der Waals surface area contributed by atoms with Crippen molar-refractivity contribution in [3.63, 3.8) is 0 Å². The number of aryl methyl sites for hydroxylation is 1. The lowest BCUT2D eigenvalue weighted by atomic mass is 9.99. The number of urea groups is 1. The van der Waals surface area contributed by atoms with Crippen LogP contribution in [-0.4, -0.2) is 53.8 Å². The van der Waals surface area contributed by atoms with Crippen LogP contribution in [0.5, 0.6) is 5.75 Å². The number of sulfone groups is 1. The van der Waals surface area contributed by atoms with Gasteiger partial charge in [0.05, 0.1) is 41.2 Å². The Bertz CT molecular complexity index is 1090. The number of hydrogen-bond donors (Lipinski definition) is 1. The van der Waals surface area contributed by atoms with Gasteiger partial charge in [0.1, 0.15) is 5.75 Å². The standard InChI is InChI=1S/C22H30N4O4S/c1-4-10-30-20-6-5-18-13-25(9-7-17(18)12-20)22(27)23-21-15(2)24-26(16(21)3)19-8-11-31(28,29)14-19/h5-6,12,19H,4,7-11,13-14H2,1-3H3,(H,23,27). The van der Waals surface area contributed by atoms with Gasteiger partial charge in [-0.3, -0.25) is 4.68 Å². The Kier molecular flexibility index (Phi) is 5.96. The van der Waals surface area contributed by atoms with Crippen LogP contribution < -0.4 is 10.1 Å². The number of fused-ring (bicyclic) bond motifs is 1.